The molecule has 1 unspecified atom stereocenters. The molecule has 1 atom stereocenters. The van der Waals surface area contributed by atoms with Crippen molar-refractivity contribution in [3.05, 3.63) is 65.2 Å². The van der Waals surface area contributed by atoms with Crippen LogP contribution in [0, 0.1) is 0 Å². The molecule has 1 aliphatic rings. The van der Waals surface area contributed by atoms with Crippen LogP contribution < -0.4 is 5.32 Å². The van der Waals surface area contributed by atoms with Gasteiger partial charge in [0.25, 0.3) is 0 Å². The average molecular weight is 422 g/mol. The second-order valence-corrected chi connectivity index (χ2v) is 8.35. The van der Waals surface area contributed by atoms with E-state index in [1.165, 1.54) is 5.56 Å². The molecule has 0 amide bonds. The molecule has 0 radical (unpaired) electrons. The van der Waals surface area contributed by atoms with Crippen LogP contribution >= 0.6 is 0 Å². The fourth-order valence-corrected chi connectivity index (χ4v) is 4.05. The molecule has 0 bridgehead atoms. The Kier molecular flexibility index (Phi) is 6.25. The largest absolute Gasteiger partial charge is 0.481 e. The number of nitrogens with one attached hydrogen (secondary N) is 1. The molecule has 4 heterocycles. The maximum atomic E-state index is 11.5. The molecule has 2 N–H and O–H groups in total. The molecule has 8 nitrogen and oxygen atoms in total. The van der Waals surface area contributed by atoms with Gasteiger partial charge in [0.1, 0.15) is 5.82 Å². The first-order valence-corrected chi connectivity index (χ1v) is 10.7. The van der Waals surface area contributed by atoms with E-state index in [1.54, 1.807) is 18.5 Å². The summed E-state index contributed by atoms with van der Waals surface area (Å²) in [6.07, 6.45) is 8.28. The van der Waals surface area contributed by atoms with E-state index in [2.05, 4.69) is 32.6 Å². The minimum Gasteiger partial charge on any atom is -0.481 e. The lowest BCUT2D eigenvalue weighted by molar-refractivity contribution is -0.138. The van der Waals surface area contributed by atoms with Gasteiger partial charge in [0.05, 0.1) is 6.42 Å². The van der Waals surface area contributed by atoms with Gasteiger partial charge in [-0.15, -0.1) is 0 Å². The van der Waals surface area contributed by atoms with Gasteiger partial charge in [-0.3, -0.25) is 9.78 Å². The van der Waals surface area contributed by atoms with Gasteiger partial charge in [0, 0.05) is 42.9 Å². The molecule has 0 saturated carbocycles. The SMILES string of the molecule is CC(CC(=O)O)(Cc1nc(CCCc2ccc3c(n2)NCCC3)no1)c1cccnc1. The van der Waals surface area contributed by atoms with Crippen molar-refractivity contribution in [1.82, 2.24) is 20.1 Å². The maximum absolute atomic E-state index is 11.5. The van der Waals surface area contributed by atoms with Crippen LogP contribution in [0.15, 0.2) is 41.2 Å². The number of aliphatic carboxylic acids is 1. The molecule has 0 saturated heterocycles. The van der Waals surface area contributed by atoms with Gasteiger partial charge in [0.2, 0.25) is 5.89 Å². The molecular formula is C23H27N5O3. The Labute approximate surface area is 181 Å². The van der Waals surface area contributed by atoms with E-state index >= 15 is 0 Å². The fraction of sp³-hybridized carbons (Fsp3) is 0.435. The Morgan fingerprint density at radius 3 is 2.97 bits per heavy atom. The lowest BCUT2D eigenvalue weighted by Gasteiger charge is -2.26. The van der Waals surface area contributed by atoms with Gasteiger partial charge in [0.15, 0.2) is 5.82 Å². The van der Waals surface area contributed by atoms with Gasteiger partial charge in [-0.2, -0.15) is 4.98 Å². The molecule has 3 aromatic heterocycles. The second kappa shape index (κ2) is 9.24. The number of hydrogen-bond donors (Lipinski definition) is 2. The van der Waals surface area contributed by atoms with Crippen molar-refractivity contribution in [3.63, 3.8) is 0 Å². The smallest absolute Gasteiger partial charge is 0.304 e. The third-order valence-electron chi connectivity index (χ3n) is 5.74. The second-order valence-electron chi connectivity index (χ2n) is 8.35. The summed E-state index contributed by atoms with van der Waals surface area (Å²) in [6, 6.07) is 7.95. The standard InChI is InChI=1S/C23H27N5O3/c1-23(14-21(29)30,17-6-4-11-24-15-17)13-20-27-19(28-31-20)8-2-7-18-10-9-16-5-3-12-25-22(16)26-18/h4,6,9-11,15H,2-3,5,7-8,12-14H2,1H3,(H,25,26)(H,29,30). The fourth-order valence-electron chi connectivity index (χ4n) is 4.05. The first kappa shape index (κ1) is 21.0. The van der Waals surface area contributed by atoms with Crippen molar-refractivity contribution >= 4 is 11.8 Å². The van der Waals surface area contributed by atoms with Crippen LogP contribution in [0.3, 0.4) is 0 Å². The van der Waals surface area contributed by atoms with Crippen molar-refractivity contribution in [2.45, 2.75) is 57.3 Å². The summed E-state index contributed by atoms with van der Waals surface area (Å²) in [7, 11) is 0. The molecule has 3 aromatic rings. The molecule has 0 fully saturated rings. The number of hydrogen-bond acceptors (Lipinski definition) is 7. The van der Waals surface area contributed by atoms with Crippen LogP contribution in [0.4, 0.5) is 5.82 Å². The van der Waals surface area contributed by atoms with Crippen LogP contribution in [0.2, 0.25) is 0 Å². The van der Waals surface area contributed by atoms with Gasteiger partial charge in [-0.1, -0.05) is 24.2 Å². The van der Waals surface area contributed by atoms with E-state index in [9.17, 15) is 9.90 Å². The summed E-state index contributed by atoms with van der Waals surface area (Å²) in [6.45, 7) is 2.87. The number of aromatic nitrogens is 4. The van der Waals surface area contributed by atoms with Crippen molar-refractivity contribution in [3.8, 4) is 0 Å². The highest BCUT2D eigenvalue weighted by atomic mass is 16.5. The van der Waals surface area contributed by atoms with Crippen molar-refractivity contribution < 1.29 is 14.4 Å². The molecule has 0 aromatic carbocycles. The van der Waals surface area contributed by atoms with Gasteiger partial charge in [-0.05, 0) is 48.9 Å². The Morgan fingerprint density at radius 1 is 1.26 bits per heavy atom. The van der Waals surface area contributed by atoms with E-state index in [0.717, 1.165) is 49.3 Å². The van der Waals surface area contributed by atoms with Crippen molar-refractivity contribution in [2.75, 3.05) is 11.9 Å². The summed E-state index contributed by atoms with van der Waals surface area (Å²) < 4.78 is 5.44. The molecule has 162 valence electrons. The first-order chi connectivity index (χ1) is 15.0. The van der Waals surface area contributed by atoms with Gasteiger partial charge >= 0.3 is 5.97 Å². The minimum absolute atomic E-state index is 0.0472. The molecule has 4 rings (SSSR count). The number of pyridine rings is 2. The number of rotatable bonds is 9. The average Bonchev–Trinajstić information content (AvgIpc) is 3.20. The van der Waals surface area contributed by atoms with Gasteiger partial charge < -0.3 is 14.9 Å². The van der Waals surface area contributed by atoms with Crippen LogP contribution in [-0.4, -0.2) is 37.7 Å². The summed E-state index contributed by atoms with van der Waals surface area (Å²) in [5, 5.41) is 16.9. The Hall–Kier alpha value is -3.29. The van der Waals surface area contributed by atoms with E-state index in [0.29, 0.717) is 24.6 Å². The summed E-state index contributed by atoms with van der Waals surface area (Å²) in [5.74, 6) is 1.21. The Bertz CT molecular complexity index is 1040. The zero-order valence-corrected chi connectivity index (χ0v) is 17.7. The van der Waals surface area contributed by atoms with E-state index in [4.69, 9.17) is 9.51 Å². The lowest BCUT2D eigenvalue weighted by Crippen LogP contribution is -2.28. The number of nitrogens with zero attached hydrogens (tertiary/aromatic N) is 4. The molecular weight excluding hydrogens is 394 g/mol. The first-order valence-electron chi connectivity index (χ1n) is 10.7. The Balaban J connectivity index is 1.37. The molecule has 31 heavy (non-hydrogen) atoms. The van der Waals surface area contributed by atoms with Crippen molar-refractivity contribution in [2.24, 2.45) is 0 Å². The third-order valence-corrected chi connectivity index (χ3v) is 5.74. The number of carbonyl (C=O) groups is 1. The van der Waals surface area contributed by atoms with Crippen LogP contribution in [-0.2, 0) is 35.9 Å². The maximum Gasteiger partial charge on any atom is 0.304 e. The summed E-state index contributed by atoms with van der Waals surface area (Å²) >= 11 is 0. The minimum atomic E-state index is -0.877. The van der Waals surface area contributed by atoms with Crippen molar-refractivity contribution in [1.29, 1.82) is 0 Å². The van der Waals surface area contributed by atoms with Crippen LogP contribution in [0.1, 0.15) is 54.7 Å². The summed E-state index contributed by atoms with van der Waals surface area (Å²) in [5.41, 5.74) is 2.51. The van der Waals surface area contributed by atoms with Gasteiger partial charge in [-0.25, -0.2) is 4.98 Å². The normalized spacial score (nSPS) is 15.0. The third kappa shape index (κ3) is 5.25. The number of carboxylic acid groups (broad SMARTS) is 1. The highest BCUT2D eigenvalue weighted by Crippen LogP contribution is 2.31. The molecule has 0 aliphatic carbocycles. The Morgan fingerprint density at radius 2 is 2.16 bits per heavy atom. The number of aryl methyl sites for hydroxylation is 3. The highest BCUT2D eigenvalue weighted by Gasteiger charge is 2.32. The predicted octanol–water partition coefficient (Wildman–Crippen LogP) is 3.37. The quantitative estimate of drug-likeness (QED) is 0.540. The number of fused-ring (bicyclic) bond motifs is 1. The number of anilines is 1. The van der Waals surface area contributed by atoms with Crippen LogP contribution in [0.5, 0.6) is 0 Å². The van der Waals surface area contributed by atoms with E-state index in [-0.39, 0.29) is 6.42 Å². The highest BCUT2D eigenvalue weighted by molar-refractivity contribution is 5.69. The predicted molar refractivity (Wildman–Crippen MR) is 115 cm³/mol. The number of carboxylic acids is 1. The van der Waals surface area contributed by atoms with Crippen LogP contribution in [0.25, 0.3) is 0 Å². The lowest BCUT2D eigenvalue weighted by atomic mass is 9.77. The molecule has 1 aliphatic heterocycles. The molecule has 0 spiro atoms. The monoisotopic (exact) mass is 421 g/mol. The zero-order valence-electron chi connectivity index (χ0n) is 17.7. The molecule has 8 heteroatoms. The van der Waals surface area contributed by atoms with E-state index < -0.39 is 11.4 Å². The van der Waals surface area contributed by atoms with E-state index in [1.807, 2.05) is 13.0 Å². The summed E-state index contributed by atoms with van der Waals surface area (Å²) in [4.78, 5) is 24.8. The topological polar surface area (TPSA) is 114 Å². The zero-order chi connectivity index (χ0) is 21.7.